The van der Waals surface area contributed by atoms with Crippen LogP contribution < -0.4 is 5.43 Å². The molecular formula is C22H16F3N5S. The summed E-state index contributed by atoms with van der Waals surface area (Å²) in [7, 11) is 0. The summed E-state index contributed by atoms with van der Waals surface area (Å²) in [5.41, 5.74) is 3.21. The molecule has 3 aromatic heterocycles. The molecule has 9 heteroatoms. The zero-order chi connectivity index (χ0) is 21.7. The van der Waals surface area contributed by atoms with Crippen LogP contribution in [0.3, 0.4) is 0 Å². The Morgan fingerprint density at radius 3 is 2.55 bits per heavy atom. The number of pyridine rings is 2. The van der Waals surface area contributed by atoms with Crippen LogP contribution in [0, 0.1) is 0 Å². The molecular weight excluding hydrogens is 423 g/mol. The third-order valence-corrected chi connectivity index (χ3v) is 5.31. The fourth-order valence-corrected chi connectivity index (χ4v) is 3.67. The van der Waals surface area contributed by atoms with Gasteiger partial charge in [-0.25, -0.2) is 9.97 Å². The average molecular weight is 439 g/mol. The molecule has 0 bridgehead atoms. The Balaban J connectivity index is 1.60. The van der Waals surface area contributed by atoms with Gasteiger partial charge in [0.15, 0.2) is 5.71 Å². The molecule has 0 fully saturated rings. The SMILES string of the molecule is FC(F)(F)/C(=N\NCc1ccccc1)c1cccc(-c2cnc(-c3cccnc3)s2)n1. The number of nitrogens with zero attached hydrogens (tertiary/aromatic N) is 4. The summed E-state index contributed by atoms with van der Waals surface area (Å²) in [4.78, 5) is 13.3. The number of halogens is 3. The van der Waals surface area contributed by atoms with Gasteiger partial charge in [-0.15, -0.1) is 11.3 Å². The maximum atomic E-state index is 13.7. The number of thiazole rings is 1. The monoisotopic (exact) mass is 439 g/mol. The molecule has 0 aliphatic rings. The van der Waals surface area contributed by atoms with E-state index in [2.05, 4.69) is 25.5 Å². The van der Waals surface area contributed by atoms with Gasteiger partial charge in [-0.05, 0) is 29.8 Å². The van der Waals surface area contributed by atoms with Crippen molar-refractivity contribution in [2.45, 2.75) is 12.7 Å². The third-order valence-electron chi connectivity index (χ3n) is 4.24. The van der Waals surface area contributed by atoms with Crippen molar-refractivity contribution >= 4 is 17.0 Å². The fraction of sp³-hybridized carbons (Fsp3) is 0.0909. The lowest BCUT2D eigenvalue weighted by Gasteiger charge is -2.11. The van der Waals surface area contributed by atoms with E-state index >= 15 is 0 Å². The number of hydrazone groups is 1. The van der Waals surface area contributed by atoms with Crippen molar-refractivity contribution in [1.29, 1.82) is 0 Å². The van der Waals surface area contributed by atoms with Crippen LogP contribution in [0.1, 0.15) is 11.3 Å². The maximum absolute atomic E-state index is 13.7. The van der Waals surface area contributed by atoms with E-state index in [0.717, 1.165) is 11.1 Å². The first-order chi connectivity index (χ1) is 15.0. The van der Waals surface area contributed by atoms with Crippen LogP contribution in [0.4, 0.5) is 13.2 Å². The molecule has 0 spiro atoms. The van der Waals surface area contributed by atoms with Crippen molar-refractivity contribution in [2.75, 3.05) is 0 Å². The summed E-state index contributed by atoms with van der Waals surface area (Å²) in [6, 6.07) is 17.2. The van der Waals surface area contributed by atoms with Crippen molar-refractivity contribution in [3.8, 4) is 21.1 Å². The molecule has 1 N–H and O–H groups in total. The van der Waals surface area contributed by atoms with Crippen LogP contribution in [-0.4, -0.2) is 26.8 Å². The lowest BCUT2D eigenvalue weighted by molar-refractivity contribution is -0.0586. The van der Waals surface area contributed by atoms with E-state index < -0.39 is 11.9 Å². The molecule has 0 aliphatic carbocycles. The highest BCUT2D eigenvalue weighted by Crippen LogP contribution is 2.31. The lowest BCUT2D eigenvalue weighted by Crippen LogP contribution is -2.28. The van der Waals surface area contributed by atoms with Crippen molar-refractivity contribution in [1.82, 2.24) is 20.4 Å². The first-order valence-corrected chi connectivity index (χ1v) is 10.1. The molecule has 4 rings (SSSR count). The number of aromatic nitrogens is 3. The smallest absolute Gasteiger partial charge is 0.305 e. The largest absolute Gasteiger partial charge is 0.437 e. The van der Waals surface area contributed by atoms with Gasteiger partial charge in [-0.2, -0.15) is 18.3 Å². The van der Waals surface area contributed by atoms with E-state index in [1.807, 2.05) is 24.3 Å². The fourth-order valence-electron chi connectivity index (χ4n) is 2.79. The van der Waals surface area contributed by atoms with Gasteiger partial charge in [0.2, 0.25) is 0 Å². The molecule has 0 saturated heterocycles. The summed E-state index contributed by atoms with van der Waals surface area (Å²) in [5, 5.41) is 4.32. The quantitative estimate of drug-likeness (QED) is 0.326. The van der Waals surface area contributed by atoms with Gasteiger partial charge >= 0.3 is 6.18 Å². The van der Waals surface area contributed by atoms with Crippen LogP contribution >= 0.6 is 11.3 Å². The second-order valence-corrected chi connectivity index (χ2v) is 7.49. The molecule has 0 atom stereocenters. The molecule has 4 aromatic rings. The van der Waals surface area contributed by atoms with Crippen LogP contribution in [0.5, 0.6) is 0 Å². The van der Waals surface area contributed by atoms with E-state index in [4.69, 9.17) is 0 Å². The van der Waals surface area contributed by atoms with E-state index in [1.165, 1.54) is 23.5 Å². The number of alkyl halides is 3. The van der Waals surface area contributed by atoms with Gasteiger partial charge < -0.3 is 5.43 Å². The Morgan fingerprint density at radius 2 is 1.81 bits per heavy atom. The minimum absolute atomic E-state index is 0.170. The summed E-state index contributed by atoms with van der Waals surface area (Å²) in [5.74, 6) is 0. The standard InChI is InChI=1S/C22H16F3N5S/c23-22(24,25)20(30-28-12-15-6-2-1-3-7-15)18-10-4-9-17(29-18)19-14-27-21(31-19)16-8-5-11-26-13-16/h1-11,13-14,28H,12H2/b30-20-. The Kier molecular flexibility index (Phi) is 6.03. The van der Waals surface area contributed by atoms with Crippen LogP contribution in [0.2, 0.25) is 0 Å². The molecule has 0 unspecified atom stereocenters. The second-order valence-electron chi connectivity index (χ2n) is 6.46. The minimum Gasteiger partial charge on any atom is -0.305 e. The van der Waals surface area contributed by atoms with Crippen LogP contribution in [-0.2, 0) is 6.54 Å². The molecule has 3 heterocycles. The predicted octanol–water partition coefficient (Wildman–Crippen LogP) is 5.32. The van der Waals surface area contributed by atoms with Crippen molar-refractivity contribution in [2.24, 2.45) is 5.10 Å². The Hall–Kier alpha value is -3.59. The number of benzene rings is 1. The first-order valence-electron chi connectivity index (χ1n) is 9.26. The van der Waals surface area contributed by atoms with Gasteiger partial charge in [-0.1, -0.05) is 36.4 Å². The number of nitrogens with one attached hydrogen (secondary N) is 1. The van der Waals surface area contributed by atoms with Crippen molar-refractivity contribution in [3.63, 3.8) is 0 Å². The molecule has 0 aliphatic heterocycles. The van der Waals surface area contributed by atoms with Gasteiger partial charge in [0.05, 0.1) is 22.8 Å². The summed E-state index contributed by atoms with van der Waals surface area (Å²) < 4.78 is 41.0. The number of hydrogen-bond donors (Lipinski definition) is 1. The molecule has 156 valence electrons. The van der Waals surface area contributed by atoms with Gasteiger partial charge in [0.1, 0.15) is 5.01 Å². The first kappa shape index (κ1) is 20.7. The van der Waals surface area contributed by atoms with Gasteiger partial charge in [0.25, 0.3) is 0 Å². The normalized spacial score (nSPS) is 12.0. The van der Waals surface area contributed by atoms with E-state index in [1.54, 1.807) is 42.9 Å². The summed E-state index contributed by atoms with van der Waals surface area (Å²) in [6.07, 6.45) is 0.271. The van der Waals surface area contributed by atoms with E-state index in [9.17, 15) is 13.2 Å². The lowest BCUT2D eigenvalue weighted by atomic mass is 10.2. The second kappa shape index (κ2) is 9.05. The Morgan fingerprint density at radius 1 is 0.968 bits per heavy atom. The maximum Gasteiger partial charge on any atom is 0.437 e. The average Bonchev–Trinajstić information content (AvgIpc) is 3.28. The molecule has 31 heavy (non-hydrogen) atoms. The molecule has 5 nitrogen and oxygen atoms in total. The highest BCUT2D eigenvalue weighted by molar-refractivity contribution is 7.18. The van der Waals surface area contributed by atoms with Crippen molar-refractivity contribution in [3.05, 3.63) is 90.5 Å². The van der Waals surface area contributed by atoms with Crippen molar-refractivity contribution < 1.29 is 13.2 Å². The van der Waals surface area contributed by atoms with Gasteiger partial charge in [-0.3, -0.25) is 4.98 Å². The Labute approximate surface area is 180 Å². The zero-order valence-electron chi connectivity index (χ0n) is 16.0. The summed E-state index contributed by atoms with van der Waals surface area (Å²) >= 11 is 1.33. The van der Waals surface area contributed by atoms with Gasteiger partial charge in [0, 0.05) is 24.2 Å². The molecule has 0 radical (unpaired) electrons. The van der Waals surface area contributed by atoms with E-state index in [0.29, 0.717) is 15.6 Å². The number of hydrogen-bond acceptors (Lipinski definition) is 6. The number of rotatable bonds is 6. The predicted molar refractivity (Wildman–Crippen MR) is 114 cm³/mol. The highest BCUT2D eigenvalue weighted by Gasteiger charge is 2.38. The van der Waals surface area contributed by atoms with E-state index in [-0.39, 0.29) is 12.2 Å². The molecule has 1 aromatic carbocycles. The van der Waals surface area contributed by atoms with Crippen LogP contribution in [0.25, 0.3) is 21.1 Å². The Bertz CT molecular complexity index is 1170. The van der Waals surface area contributed by atoms with Crippen LogP contribution in [0.15, 0.2) is 84.4 Å². The molecule has 0 saturated carbocycles. The molecule has 0 amide bonds. The minimum atomic E-state index is -4.66. The third kappa shape index (κ3) is 5.13. The zero-order valence-corrected chi connectivity index (χ0v) is 16.9. The highest BCUT2D eigenvalue weighted by atomic mass is 32.1. The summed E-state index contributed by atoms with van der Waals surface area (Å²) in [6.45, 7) is 0.170. The topological polar surface area (TPSA) is 63.1 Å².